The van der Waals surface area contributed by atoms with Gasteiger partial charge in [-0.2, -0.15) is 4.99 Å². The van der Waals surface area contributed by atoms with Gasteiger partial charge in [0.25, 0.3) is 5.91 Å². The fraction of sp³-hybridized carbons (Fsp3) is 0.529. The molecular weight excluding hydrogens is 312 g/mol. The molecule has 23 heavy (non-hydrogen) atoms. The van der Waals surface area contributed by atoms with Crippen LogP contribution in [0, 0.1) is 5.92 Å². The minimum absolute atomic E-state index is 0.0357. The van der Waals surface area contributed by atoms with E-state index < -0.39 is 0 Å². The lowest BCUT2D eigenvalue weighted by Crippen LogP contribution is -2.19. The highest BCUT2D eigenvalue weighted by Gasteiger charge is 2.23. The van der Waals surface area contributed by atoms with E-state index in [4.69, 9.17) is 9.47 Å². The predicted octanol–water partition coefficient (Wildman–Crippen LogP) is 3.11. The Balaban J connectivity index is 1.81. The number of ether oxygens (including phenoxy) is 2. The molecular formula is C17H20N2O3S. The fourth-order valence-corrected chi connectivity index (χ4v) is 4.47. The van der Waals surface area contributed by atoms with Gasteiger partial charge in [0.1, 0.15) is 13.2 Å². The van der Waals surface area contributed by atoms with E-state index >= 15 is 0 Å². The van der Waals surface area contributed by atoms with Crippen molar-refractivity contribution < 1.29 is 14.3 Å². The first-order valence-corrected chi connectivity index (χ1v) is 9.09. The lowest BCUT2D eigenvalue weighted by Gasteiger charge is -2.18. The number of amides is 1. The van der Waals surface area contributed by atoms with Crippen LogP contribution in [0.15, 0.2) is 17.1 Å². The van der Waals surface area contributed by atoms with Gasteiger partial charge in [0, 0.05) is 24.6 Å². The third-order valence-corrected chi connectivity index (χ3v) is 5.61. The molecule has 2 heterocycles. The summed E-state index contributed by atoms with van der Waals surface area (Å²) < 4.78 is 14.5. The summed E-state index contributed by atoms with van der Waals surface area (Å²) >= 11 is 1.55. The van der Waals surface area contributed by atoms with Crippen molar-refractivity contribution in [2.45, 2.75) is 39.2 Å². The second-order valence-electron chi connectivity index (χ2n) is 6.02. The summed E-state index contributed by atoms with van der Waals surface area (Å²) in [5, 5.41) is 0. The molecule has 0 spiro atoms. The summed E-state index contributed by atoms with van der Waals surface area (Å²) in [7, 11) is 0. The number of rotatable bonds is 2. The molecule has 1 aliphatic carbocycles. The Morgan fingerprint density at radius 2 is 1.96 bits per heavy atom. The van der Waals surface area contributed by atoms with Gasteiger partial charge in [0.2, 0.25) is 0 Å². The summed E-state index contributed by atoms with van der Waals surface area (Å²) in [6.45, 7) is 4.00. The average Bonchev–Trinajstić information content (AvgIpc) is 3.20. The Labute approximate surface area is 138 Å². The third kappa shape index (κ3) is 2.65. The van der Waals surface area contributed by atoms with Gasteiger partial charge in [0.15, 0.2) is 16.3 Å². The SMILES string of the molecule is CCn1c(=NC(=O)C2CCCC2)sc2cc3c(cc21)OCCO3. The van der Waals surface area contributed by atoms with Crippen LogP contribution in [0.2, 0.25) is 0 Å². The van der Waals surface area contributed by atoms with Gasteiger partial charge in [-0.25, -0.2) is 0 Å². The first-order valence-electron chi connectivity index (χ1n) is 8.28. The number of hydrogen-bond donors (Lipinski definition) is 0. The number of nitrogens with zero attached hydrogens (tertiary/aromatic N) is 2. The van der Waals surface area contributed by atoms with Crippen molar-refractivity contribution in [3.05, 3.63) is 16.9 Å². The number of benzene rings is 1. The van der Waals surface area contributed by atoms with Crippen molar-refractivity contribution in [1.29, 1.82) is 0 Å². The van der Waals surface area contributed by atoms with Crippen LogP contribution in [-0.4, -0.2) is 23.7 Å². The van der Waals surface area contributed by atoms with E-state index in [1.165, 1.54) is 0 Å². The van der Waals surface area contributed by atoms with Crippen LogP contribution in [0.3, 0.4) is 0 Å². The Kier molecular flexibility index (Phi) is 3.85. The number of carbonyl (C=O) groups is 1. The number of aryl methyl sites for hydroxylation is 1. The molecule has 0 unspecified atom stereocenters. The molecule has 2 aromatic rings. The molecule has 5 nitrogen and oxygen atoms in total. The van der Waals surface area contributed by atoms with Crippen LogP contribution in [0.1, 0.15) is 32.6 Å². The van der Waals surface area contributed by atoms with Crippen LogP contribution < -0.4 is 14.3 Å². The van der Waals surface area contributed by atoms with E-state index in [0.29, 0.717) is 13.2 Å². The average molecular weight is 332 g/mol. The standard InChI is InChI=1S/C17H20N2O3S/c1-2-19-12-9-13-14(22-8-7-21-13)10-15(12)23-17(19)18-16(20)11-5-3-4-6-11/h9-11H,2-8H2,1H3. The number of thiazole rings is 1. The lowest BCUT2D eigenvalue weighted by molar-refractivity contribution is -0.121. The van der Waals surface area contributed by atoms with E-state index in [2.05, 4.69) is 16.5 Å². The van der Waals surface area contributed by atoms with Crippen molar-refractivity contribution in [3.63, 3.8) is 0 Å². The molecule has 0 atom stereocenters. The largest absolute Gasteiger partial charge is 0.486 e. The molecule has 1 amide bonds. The molecule has 0 N–H and O–H groups in total. The number of fused-ring (bicyclic) bond motifs is 2. The van der Waals surface area contributed by atoms with Gasteiger partial charge in [-0.3, -0.25) is 4.79 Å². The molecule has 0 saturated heterocycles. The highest BCUT2D eigenvalue weighted by Crippen LogP contribution is 2.35. The quantitative estimate of drug-likeness (QED) is 0.849. The smallest absolute Gasteiger partial charge is 0.251 e. The first kappa shape index (κ1) is 14.8. The van der Waals surface area contributed by atoms with Crippen molar-refractivity contribution in [2.75, 3.05) is 13.2 Å². The third-order valence-electron chi connectivity index (χ3n) is 4.57. The van der Waals surface area contributed by atoms with Gasteiger partial charge < -0.3 is 14.0 Å². The topological polar surface area (TPSA) is 52.8 Å². The van der Waals surface area contributed by atoms with Crippen LogP contribution in [0.4, 0.5) is 0 Å². The van der Waals surface area contributed by atoms with Crippen molar-refractivity contribution in [1.82, 2.24) is 4.57 Å². The van der Waals surface area contributed by atoms with Crippen molar-refractivity contribution in [3.8, 4) is 11.5 Å². The molecule has 0 bridgehead atoms. The van der Waals surface area contributed by atoms with Gasteiger partial charge in [-0.05, 0) is 19.8 Å². The van der Waals surface area contributed by atoms with Crippen LogP contribution in [-0.2, 0) is 11.3 Å². The minimum Gasteiger partial charge on any atom is -0.486 e. The van der Waals surface area contributed by atoms with Gasteiger partial charge >= 0.3 is 0 Å². The summed E-state index contributed by atoms with van der Waals surface area (Å²) in [5.41, 5.74) is 1.06. The Morgan fingerprint density at radius 1 is 1.26 bits per heavy atom. The molecule has 1 fully saturated rings. The number of aromatic nitrogens is 1. The second-order valence-corrected chi connectivity index (χ2v) is 7.03. The maximum atomic E-state index is 12.4. The van der Waals surface area contributed by atoms with Crippen molar-refractivity contribution in [2.24, 2.45) is 10.9 Å². The minimum atomic E-state index is 0.0357. The van der Waals surface area contributed by atoms with E-state index in [-0.39, 0.29) is 11.8 Å². The number of hydrogen-bond acceptors (Lipinski definition) is 4. The van der Waals surface area contributed by atoms with Crippen LogP contribution in [0.5, 0.6) is 11.5 Å². The molecule has 122 valence electrons. The predicted molar refractivity (Wildman–Crippen MR) is 89.0 cm³/mol. The molecule has 0 radical (unpaired) electrons. The first-order chi connectivity index (χ1) is 11.3. The zero-order valence-corrected chi connectivity index (χ0v) is 14.0. The zero-order chi connectivity index (χ0) is 15.8. The van der Waals surface area contributed by atoms with E-state index in [1.807, 2.05) is 12.1 Å². The molecule has 6 heteroatoms. The maximum Gasteiger partial charge on any atom is 0.251 e. The highest BCUT2D eigenvalue weighted by atomic mass is 32.1. The van der Waals surface area contributed by atoms with Gasteiger partial charge in [-0.1, -0.05) is 24.2 Å². The van der Waals surface area contributed by atoms with Crippen LogP contribution in [0.25, 0.3) is 10.2 Å². The fourth-order valence-electron chi connectivity index (χ4n) is 3.36. The second kappa shape index (κ2) is 6.00. The van der Waals surface area contributed by atoms with Gasteiger partial charge in [0.05, 0.1) is 10.2 Å². The van der Waals surface area contributed by atoms with Gasteiger partial charge in [-0.15, -0.1) is 0 Å². The van der Waals surface area contributed by atoms with E-state index in [9.17, 15) is 4.79 Å². The lowest BCUT2D eigenvalue weighted by atomic mass is 10.1. The molecule has 4 rings (SSSR count). The highest BCUT2D eigenvalue weighted by molar-refractivity contribution is 7.16. The van der Waals surface area contributed by atoms with Crippen molar-refractivity contribution >= 4 is 27.5 Å². The van der Waals surface area contributed by atoms with E-state index in [0.717, 1.165) is 58.7 Å². The molecule has 1 aromatic carbocycles. The Bertz CT molecular complexity index is 815. The molecule has 1 saturated carbocycles. The Morgan fingerprint density at radius 3 is 2.65 bits per heavy atom. The normalized spacial score (nSPS) is 18.7. The zero-order valence-electron chi connectivity index (χ0n) is 13.2. The Hall–Kier alpha value is -1.82. The summed E-state index contributed by atoms with van der Waals surface area (Å²) in [5.74, 6) is 1.71. The molecule has 1 aromatic heterocycles. The number of carbonyl (C=O) groups excluding carboxylic acids is 1. The summed E-state index contributed by atoms with van der Waals surface area (Å²) in [6.07, 6.45) is 4.26. The summed E-state index contributed by atoms with van der Waals surface area (Å²) in [6, 6.07) is 4.00. The monoisotopic (exact) mass is 332 g/mol. The molecule has 2 aliphatic rings. The summed E-state index contributed by atoms with van der Waals surface area (Å²) in [4.78, 5) is 17.6. The molecule has 1 aliphatic heterocycles. The maximum absolute atomic E-state index is 12.4. The van der Waals surface area contributed by atoms with E-state index in [1.54, 1.807) is 11.3 Å². The van der Waals surface area contributed by atoms with Crippen LogP contribution >= 0.6 is 11.3 Å².